The molecule has 0 bridgehead atoms. The Morgan fingerprint density at radius 2 is 2.00 bits per heavy atom. The number of hydrogen-bond acceptors (Lipinski definition) is 3. The smallest absolute Gasteiger partial charge is 0.0635 e. The Bertz CT molecular complexity index is 506. The van der Waals surface area contributed by atoms with Crippen molar-refractivity contribution in [2.24, 2.45) is 0 Å². The van der Waals surface area contributed by atoms with Crippen molar-refractivity contribution in [2.45, 2.75) is 39.3 Å². The summed E-state index contributed by atoms with van der Waals surface area (Å²) in [4.78, 5) is 2.27. The third-order valence-electron chi connectivity index (χ3n) is 3.09. The summed E-state index contributed by atoms with van der Waals surface area (Å²) in [6.07, 6.45) is 1.03. The van der Waals surface area contributed by atoms with Crippen molar-refractivity contribution in [3.05, 3.63) is 35.4 Å². The highest BCUT2D eigenvalue weighted by atomic mass is 16.2. The van der Waals surface area contributed by atoms with Gasteiger partial charge in [-0.15, -0.1) is 0 Å². The Kier molecular flexibility index (Phi) is 7.43. The van der Waals surface area contributed by atoms with Crippen LogP contribution in [0.5, 0.6) is 0 Å². The number of nitrogens with zero attached hydrogens (tertiary/aromatic N) is 2. The highest BCUT2D eigenvalue weighted by Crippen LogP contribution is 2.13. The van der Waals surface area contributed by atoms with Gasteiger partial charge in [0.1, 0.15) is 0 Å². The fourth-order valence-electron chi connectivity index (χ4n) is 1.93. The molecular weight excluding hydrogens is 248 g/mol. The first-order valence-electron chi connectivity index (χ1n) is 6.97. The highest BCUT2D eigenvalue weighted by Gasteiger charge is 2.11. The minimum absolute atomic E-state index is 0.0927. The molecule has 0 amide bonds. The molecule has 20 heavy (non-hydrogen) atoms. The summed E-state index contributed by atoms with van der Waals surface area (Å²) in [5.74, 6) is 6.08. The van der Waals surface area contributed by atoms with Gasteiger partial charge in [0, 0.05) is 37.5 Å². The van der Waals surface area contributed by atoms with E-state index in [4.69, 9.17) is 10.4 Å². The Balaban J connectivity index is 2.85. The molecular formula is C17H22N2O. The van der Waals surface area contributed by atoms with E-state index in [1.54, 1.807) is 0 Å². The van der Waals surface area contributed by atoms with Gasteiger partial charge in [-0.05, 0) is 25.5 Å². The molecule has 1 aromatic carbocycles. The van der Waals surface area contributed by atoms with E-state index in [-0.39, 0.29) is 6.61 Å². The van der Waals surface area contributed by atoms with Crippen LogP contribution in [0.1, 0.15) is 37.8 Å². The van der Waals surface area contributed by atoms with Gasteiger partial charge in [0.25, 0.3) is 0 Å². The Labute approximate surface area is 121 Å². The summed E-state index contributed by atoms with van der Waals surface area (Å²) >= 11 is 0. The molecule has 0 unspecified atom stereocenters. The van der Waals surface area contributed by atoms with Crippen LogP contribution in [0.4, 0.5) is 0 Å². The predicted octanol–water partition coefficient (Wildman–Crippen LogP) is 2.54. The van der Waals surface area contributed by atoms with Crippen LogP contribution >= 0.6 is 0 Å². The van der Waals surface area contributed by atoms with Crippen LogP contribution in [0.15, 0.2) is 24.3 Å². The van der Waals surface area contributed by atoms with Crippen molar-refractivity contribution >= 4 is 0 Å². The van der Waals surface area contributed by atoms with Crippen molar-refractivity contribution in [3.63, 3.8) is 0 Å². The van der Waals surface area contributed by atoms with Crippen molar-refractivity contribution in [3.8, 4) is 17.9 Å². The third-order valence-corrected chi connectivity index (χ3v) is 3.09. The Morgan fingerprint density at radius 3 is 2.65 bits per heavy atom. The molecule has 1 aromatic rings. The van der Waals surface area contributed by atoms with Crippen LogP contribution < -0.4 is 0 Å². The van der Waals surface area contributed by atoms with Gasteiger partial charge in [-0.3, -0.25) is 4.90 Å². The molecule has 0 aromatic heterocycles. The number of nitriles is 1. The maximum Gasteiger partial charge on any atom is 0.0635 e. The zero-order valence-electron chi connectivity index (χ0n) is 12.3. The van der Waals surface area contributed by atoms with E-state index in [0.717, 1.165) is 18.7 Å². The maximum absolute atomic E-state index is 8.79. The lowest BCUT2D eigenvalue weighted by Gasteiger charge is -2.26. The summed E-state index contributed by atoms with van der Waals surface area (Å²) in [5, 5.41) is 17.5. The first-order chi connectivity index (χ1) is 9.69. The largest absolute Gasteiger partial charge is 0.395 e. The normalized spacial score (nSPS) is 10.2. The second-order valence-corrected chi connectivity index (χ2v) is 4.90. The molecule has 0 saturated carbocycles. The van der Waals surface area contributed by atoms with E-state index in [9.17, 15) is 0 Å². The second kappa shape index (κ2) is 9.15. The molecule has 0 heterocycles. The lowest BCUT2D eigenvalue weighted by Crippen LogP contribution is -2.31. The van der Waals surface area contributed by atoms with Gasteiger partial charge in [0.15, 0.2) is 0 Å². The minimum atomic E-state index is 0.0927. The van der Waals surface area contributed by atoms with E-state index < -0.39 is 0 Å². The molecule has 0 saturated heterocycles. The van der Waals surface area contributed by atoms with E-state index in [1.807, 2.05) is 18.2 Å². The highest BCUT2D eigenvalue weighted by molar-refractivity contribution is 5.41. The molecule has 0 aliphatic carbocycles. The average Bonchev–Trinajstić information content (AvgIpc) is 2.45. The quantitative estimate of drug-likeness (QED) is 0.808. The van der Waals surface area contributed by atoms with Gasteiger partial charge in [0.05, 0.1) is 12.7 Å². The van der Waals surface area contributed by atoms with Crippen molar-refractivity contribution < 1.29 is 5.11 Å². The molecule has 0 spiro atoms. The summed E-state index contributed by atoms with van der Waals surface area (Å²) in [6, 6.07) is 10.6. The summed E-state index contributed by atoms with van der Waals surface area (Å²) in [6.45, 7) is 5.93. The molecule has 0 atom stereocenters. The van der Waals surface area contributed by atoms with Gasteiger partial charge in [-0.2, -0.15) is 5.26 Å². The van der Waals surface area contributed by atoms with E-state index in [2.05, 4.69) is 42.7 Å². The minimum Gasteiger partial charge on any atom is -0.395 e. The summed E-state index contributed by atoms with van der Waals surface area (Å²) in [7, 11) is 0. The third kappa shape index (κ3) is 5.45. The van der Waals surface area contributed by atoms with Crippen LogP contribution in [0.3, 0.4) is 0 Å². The number of aliphatic hydroxyl groups excluding tert-OH is 1. The van der Waals surface area contributed by atoms with Gasteiger partial charge in [0.2, 0.25) is 0 Å². The topological polar surface area (TPSA) is 47.3 Å². The van der Waals surface area contributed by atoms with Crippen LogP contribution in [0, 0.1) is 23.2 Å². The van der Waals surface area contributed by atoms with Crippen LogP contribution in [-0.4, -0.2) is 29.2 Å². The SMILES string of the molecule is CC(C)N(CCC#N)Cc1ccccc1C#CCCO. The first kappa shape index (κ1) is 16.2. The number of hydrogen-bond donors (Lipinski definition) is 1. The summed E-state index contributed by atoms with van der Waals surface area (Å²) < 4.78 is 0. The standard InChI is InChI=1S/C17H22N2O/c1-15(2)19(12-7-11-18)14-17-10-4-3-8-16(17)9-5-6-13-20/h3-4,8,10,15,20H,6-7,12-14H2,1-2H3. The monoisotopic (exact) mass is 270 g/mol. The van der Waals surface area contributed by atoms with Gasteiger partial charge in [-0.25, -0.2) is 0 Å². The number of aliphatic hydroxyl groups is 1. The average molecular weight is 270 g/mol. The zero-order valence-corrected chi connectivity index (χ0v) is 12.3. The zero-order chi connectivity index (χ0) is 14.8. The lowest BCUT2D eigenvalue weighted by molar-refractivity contribution is 0.217. The van der Waals surface area contributed by atoms with Crippen LogP contribution in [0.2, 0.25) is 0 Å². The fourth-order valence-corrected chi connectivity index (χ4v) is 1.93. The van der Waals surface area contributed by atoms with E-state index in [0.29, 0.717) is 18.9 Å². The molecule has 0 aliphatic rings. The van der Waals surface area contributed by atoms with Crippen LogP contribution in [0.25, 0.3) is 0 Å². The van der Waals surface area contributed by atoms with Crippen molar-refractivity contribution in [1.82, 2.24) is 4.90 Å². The fraction of sp³-hybridized carbons (Fsp3) is 0.471. The van der Waals surface area contributed by atoms with Gasteiger partial charge in [-0.1, -0.05) is 30.0 Å². The number of benzene rings is 1. The molecule has 3 heteroatoms. The molecule has 1 N–H and O–H groups in total. The van der Waals surface area contributed by atoms with Gasteiger partial charge < -0.3 is 5.11 Å². The molecule has 0 aliphatic heterocycles. The Morgan fingerprint density at radius 1 is 1.25 bits per heavy atom. The molecule has 1 rings (SSSR count). The first-order valence-corrected chi connectivity index (χ1v) is 6.97. The second-order valence-electron chi connectivity index (χ2n) is 4.90. The van der Waals surface area contributed by atoms with E-state index >= 15 is 0 Å². The summed E-state index contributed by atoms with van der Waals surface area (Å²) in [5.41, 5.74) is 2.17. The molecule has 0 fully saturated rings. The molecule has 3 nitrogen and oxygen atoms in total. The molecule has 0 radical (unpaired) electrons. The van der Waals surface area contributed by atoms with Crippen molar-refractivity contribution in [2.75, 3.05) is 13.2 Å². The predicted molar refractivity (Wildman–Crippen MR) is 80.8 cm³/mol. The van der Waals surface area contributed by atoms with Crippen LogP contribution in [-0.2, 0) is 6.54 Å². The van der Waals surface area contributed by atoms with E-state index in [1.165, 1.54) is 5.56 Å². The molecule has 106 valence electrons. The Hall–Kier alpha value is -1.81. The number of rotatable bonds is 6. The lowest BCUT2D eigenvalue weighted by atomic mass is 10.1. The van der Waals surface area contributed by atoms with Gasteiger partial charge >= 0.3 is 0 Å². The van der Waals surface area contributed by atoms with Crippen molar-refractivity contribution in [1.29, 1.82) is 5.26 Å². The maximum atomic E-state index is 8.79.